The molecule has 1 aromatic rings. The maximum absolute atomic E-state index is 12.7. The van der Waals surface area contributed by atoms with E-state index in [0.29, 0.717) is 30.6 Å². The van der Waals surface area contributed by atoms with E-state index in [0.717, 1.165) is 18.4 Å². The molecule has 0 aromatic heterocycles. The van der Waals surface area contributed by atoms with Crippen LogP contribution in [0.1, 0.15) is 64.9 Å². The minimum absolute atomic E-state index is 0.0317. The summed E-state index contributed by atoms with van der Waals surface area (Å²) in [6.07, 6.45) is 3.81. The number of hydrogen-bond donors (Lipinski definition) is 0. The molecule has 1 saturated carbocycles. The molecule has 2 aliphatic rings. The maximum Gasteiger partial charge on any atom is 0.416 e. The largest absolute Gasteiger partial charge is 0.462 e. The van der Waals surface area contributed by atoms with Gasteiger partial charge in [0.1, 0.15) is 12.7 Å². The van der Waals surface area contributed by atoms with Gasteiger partial charge < -0.3 is 9.47 Å². The van der Waals surface area contributed by atoms with Gasteiger partial charge in [0.2, 0.25) is 5.91 Å². The summed E-state index contributed by atoms with van der Waals surface area (Å²) in [7, 11) is 0. The summed E-state index contributed by atoms with van der Waals surface area (Å²) >= 11 is 0. The van der Waals surface area contributed by atoms with E-state index in [1.807, 2.05) is 30.3 Å². The summed E-state index contributed by atoms with van der Waals surface area (Å²) in [4.78, 5) is 38.4. The highest BCUT2D eigenvalue weighted by Crippen LogP contribution is 2.35. The van der Waals surface area contributed by atoms with E-state index < -0.39 is 6.09 Å². The van der Waals surface area contributed by atoms with E-state index in [1.54, 1.807) is 0 Å². The third-order valence-electron chi connectivity index (χ3n) is 6.56. The predicted octanol–water partition coefficient (Wildman–Crippen LogP) is 4.75. The summed E-state index contributed by atoms with van der Waals surface area (Å²) < 4.78 is 10.9. The summed E-state index contributed by atoms with van der Waals surface area (Å²) in [5.41, 5.74) is 1.05. The van der Waals surface area contributed by atoms with Crippen molar-refractivity contribution in [3.8, 4) is 0 Å². The van der Waals surface area contributed by atoms with Crippen LogP contribution in [0.5, 0.6) is 0 Å². The number of ether oxygens (including phenoxy) is 2. The number of nitrogens with zero attached hydrogens (tertiary/aromatic N) is 1. The van der Waals surface area contributed by atoms with Gasteiger partial charge in [-0.25, -0.2) is 9.69 Å². The van der Waals surface area contributed by atoms with Crippen LogP contribution in [-0.2, 0) is 25.5 Å². The minimum atomic E-state index is -0.593. The second-order valence-corrected chi connectivity index (χ2v) is 9.39. The number of rotatable bonds is 8. The molecular formula is C25H35NO5. The minimum Gasteiger partial charge on any atom is -0.462 e. The number of esters is 1. The molecule has 6 nitrogen and oxygen atoms in total. The Bertz CT molecular complexity index is 762. The molecule has 0 bridgehead atoms. The highest BCUT2D eigenvalue weighted by molar-refractivity contribution is 5.93. The molecule has 1 aromatic carbocycles. The number of benzene rings is 1. The summed E-state index contributed by atoms with van der Waals surface area (Å²) in [6, 6.07) is 9.43. The predicted molar refractivity (Wildman–Crippen MR) is 117 cm³/mol. The van der Waals surface area contributed by atoms with Gasteiger partial charge in [-0.2, -0.15) is 0 Å². The van der Waals surface area contributed by atoms with Gasteiger partial charge >= 0.3 is 12.1 Å². The summed E-state index contributed by atoms with van der Waals surface area (Å²) in [5, 5.41) is 0. The van der Waals surface area contributed by atoms with Gasteiger partial charge in [0.15, 0.2) is 0 Å². The average molecular weight is 430 g/mol. The highest BCUT2D eigenvalue weighted by Gasteiger charge is 2.37. The first-order valence-electron chi connectivity index (χ1n) is 11.6. The molecule has 170 valence electrons. The van der Waals surface area contributed by atoms with Gasteiger partial charge in [-0.15, -0.1) is 0 Å². The van der Waals surface area contributed by atoms with E-state index in [9.17, 15) is 14.4 Å². The molecule has 2 fully saturated rings. The van der Waals surface area contributed by atoms with Crippen molar-refractivity contribution in [3.63, 3.8) is 0 Å². The number of imide groups is 1. The standard InChI is InChI=1S/C25H35NO5/c1-17(2)21-13-12-18(3)14-22(21)31-24(28)11-7-10-23(27)26-20(16-30-25(26)29)15-19-8-5-4-6-9-19/h4-6,8-9,17-18,20-22H,7,10-16H2,1-3H3/t18-,20+,21+,22-/m1/s1. The summed E-state index contributed by atoms with van der Waals surface area (Å²) in [5.74, 6) is 0.913. The first-order valence-corrected chi connectivity index (χ1v) is 11.6. The number of cyclic esters (lactones) is 1. The Kier molecular flexibility index (Phi) is 8.10. The van der Waals surface area contributed by atoms with Crippen molar-refractivity contribution in [2.45, 2.75) is 77.9 Å². The molecule has 1 saturated heterocycles. The summed E-state index contributed by atoms with van der Waals surface area (Å²) in [6.45, 7) is 6.78. The maximum atomic E-state index is 12.7. The third-order valence-corrected chi connectivity index (χ3v) is 6.56. The van der Waals surface area contributed by atoms with Crippen LogP contribution in [0.15, 0.2) is 30.3 Å². The molecule has 0 radical (unpaired) electrons. The molecular weight excluding hydrogens is 394 g/mol. The normalized spacial score (nSPS) is 26.1. The zero-order valence-corrected chi connectivity index (χ0v) is 18.9. The van der Waals surface area contributed by atoms with Crippen LogP contribution in [0.4, 0.5) is 4.79 Å². The molecule has 1 heterocycles. The van der Waals surface area contributed by atoms with Crippen LogP contribution in [0.3, 0.4) is 0 Å². The van der Waals surface area contributed by atoms with E-state index in [1.165, 1.54) is 11.3 Å². The SMILES string of the molecule is CC(C)[C@@H]1CC[C@@H](C)C[C@H]1OC(=O)CCCC(=O)N1C(=O)OC[C@@H]1Cc1ccccc1. The Morgan fingerprint density at radius 2 is 1.90 bits per heavy atom. The van der Waals surface area contributed by atoms with Gasteiger partial charge in [-0.1, -0.05) is 57.5 Å². The Balaban J connectivity index is 1.47. The van der Waals surface area contributed by atoms with Gasteiger partial charge in [0, 0.05) is 12.8 Å². The molecule has 0 spiro atoms. The van der Waals surface area contributed by atoms with Gasteiger partial charge in [0.05, 0.1) is 6.04 Å². The molecule has 4 atom stereocenters. The van der Waals surface area contributed by atoms with Crippen molar-refractivity contribution < 1.29 is 23.9 Å². The lowest BCUT2D eigenvalue weighted by Gasteiger charge is -2.36. The molecule has 3 rings (SSSR count). The number of carbonyl (C=O) groups excluding carboxylic acids is 3. The van der Waals surface area contributed by atoms with E-state index in [-0.39, 0.29) is 43.5 Å². The highest BCUT2D eigenvalue weighted by atomic mass is 16.6. The number of amides is 2. The lowest BCUT2D eigenvalue weighted by atomic mass is 9.75. The fourth-order valence-corrected chi connectivity index (χ4v) is 4.78. The number of carbonyl (C=O) groups is 3. The van der Waals surface area contributed by atoms with Crippen LogP contribution in [0.25, 0.3) is 0 Å². The first-order chi connectivity index (χ1) is 14.8. The van der Waals surface area contributed by atoms with Crippen LogP contribution in [0, 0.1) is 17.8 Å². The quantitative estimate of drug-likeness (QED) is 0.558. The molecule has 0 N–H and O–H groups in total. The topological polar surface area (TPSA) is 72.9 Å². The van der Waals surface area contributed by atoms with Gasteiger partial charge in [-0.05, 0) is 49.0 Å². The fourth-order valence-electron chi connectivity index (χ4n) is 4.78. The van der Waals surface area contributed by atoms with Crippen molar-refractivity contribution >= 4 is 18.0 Å². The number of hydrogen-bond acceptors (Lipinski definition) is 5. The van der Waals surface area contributed by atoms with Crippen LogP contribution >= 0.6 is 0 Å². The lowest BCUT2D eigenvalue weighted by Crippen LogP contribution is -2.40. The van der Waals surface area contributed by atoms with Crippen LogP contribution in [0.2, 0.25) is 0 Å². The molecule has 6 heteroatoms. The Hall–Kier alpha value is -2.37. The Labute approximate surface area is 185 Å². The van der Waals surface area contributed by atoms with Crippen molar-refractivity contribution in [3.05, 3.63) is 35.9 Å². The zero-order valence-electron chi connectivity index (χ0n) is 18.9. The lowest BCUT2D eigenvalue weighted by molar-refractivity contribution is -0.156. The second kappa shape index (κ2) is 10.8. The monoisotopic (exact) mass is 429 g/mol. The average Bonchev–Trinajstić information content (AvgIpc) is 3.08. The molecule has 31 heavy (non-hydrogen) atoms. The second-order valence-electron chi connectivity index (χ2n) is 9.39. The van der Waals surface area contributed by atoms with E-state index >= 15 is 0 Å². The zero-order chi connectivity index (χ0) is 22.4. The van der Waals surface area contributed by atoms with Crippen molar-refractivity contribution in [2.24, 2.45) is 17.8 Å². The van der Waals surface area contributed by atoms with Crippen LogP contribution < -0.4 is 0 Å². The smallest absolute Gasteiger partial charge is 0.416 e. The van der Waals surface area contributed by atoms with E-state index in [4.69, 9.17) is 9.47 Å². The third kappa shape index (κ3) is 6.31. The fraction of sp³-hybridized carbons (Fsp3) is 0.640. The van der Waals surface area contributed by atoms with Crippen LogP contribution in [-0.4, -0.2) is 41.6 Å². The molecule has 1 aliphatic heterocycles. The molecule has 0 unspecified atom stereocenters. The first kappa shape index (κ1) is 23.3. The molecule has 1 aliphatic carbocycles. The van der Waals surface area contributed by atoms with Crippen molar-refractivity contribution in [2.75, 3.05) is 6.61 Å². The van der Waals surface area contributed by atoms with Crippen molar-refractivity contribution in [1.82, 2.24) is 4.90 Å². The van der Waals surface area contributed by atoms with Crippen molar-refractivity contribution in [1.29, 1.82) is 0 Å². The van der Waals surface area contributed by atoms with E-state index in [2.05, 4.69) is 20.8 Å². The van der Waals surface area contributed by atoms with Gasteiger partial charge in [-0.3, -0.25) is 9.59 Å². The Morgan fingerprint density at radius 3 is 2.61 bits per heavy atom. The van der Waals surface area contributed by atoms with Gasteiger partial charge in [0.25, 0.3) is 0 Å². The molecule has 2 amide bonds. The Morgan fingerprint density at radius 1 is 1.16 bits per heavy atom.